The zero-order valence-corrected chi connectivity index (χ0v) is 11.3. The summed E-state index contributed by atoms with van der Waals surface area (Å²) in [6, 6.07) is 0.577. The van der Waals surface area contributed by atoms with E-state index >= 15 is 0 Å². The molecule has 1 aromatic heterocycles. The zero-order valence-electron chi connectivity index (χ0n) is 10.5. The molecule has 1 aliphatic rings. The molecule has 0 amide bonds. The molecule has 2 rings (SSSR count). The summed E-state index contributed by atoms with van der Waals surface area (Å²) in [6.07, 6.45) is 3.93. The quantitative estimate of drug-likeness (QED) is 0.824. The third kappa shape index (κ3) is 3.05. The van der Waals surface area contributed by atoms with Crippen LogP contribution in [0.1, 0.15) is 39.3 Å². The van der Waals surface area contributed by atoms with Gasteiger partial charge in [-0.2, -0.15) is 0 Å². The molecule has 0 aliphatic heterocycles. The Labute approximate surface area is 102 Å². The van der Waals surface area contributed by atoms with Crippen LogP contribution in [-0.4, -0.2) is 17.6 Å². The molecule has 0 spiro atoms. The van der Waals surface area contributed by atoms with E-state index in [0.717, 1.165) is 18.9 Å². The summed E-state index contributed by atoms with van der Waals surface area (Å²) >= 11 is 1.71. The number of thiazole rings is 1. The van der Waals surface area contributed by atoms with Gasteiger partial charge >= 0.3 is 0 Å². The van der Waals surface area contributed by atoms with Crippen LogP contribution in [0, 0.1) is 11.3 Å². The van der Waals surface area contributed by atoms with Gasteiger partial charge < -0.3 is 5.32 Å². The molecule has 1 heterocycles. The van der Waals surface area contributed by atoms with Gasteiger partial charge in [0.15, 0.2) is 0 Å². The topological polar surface area (TPSA) is 24.9 Å². The first-order chi connectivity index (χ1) is 7.60. The molecule has 1 unspecified atom stereocenters. The van der Waals surface area contributed by atoms with Crippen LogP contribution in [0.15, 0.2) is 10.9 Å². The van der Waals surface area contributed by atoms with E-state index in [1.165, 1.54) is 18.5 Å². The molecule has 2 nitrogen and oxygen atoms in total. The fourth-order valence-corrected chi connectivity index (χ4v) is 2.87. The van der Waals surface area contributed by atoms with Crippen molar-refractivity contribution in [2.75, 3.05) is 6.54 Å². The lowest BCUT2D eigenvalue weighted by Gasteiger charge is -2.30. The van der Waals surface area contributed by atoms with Gasteiger partial charge in [-0.1, -0.05) is 20.8 Å². The highest BCUT2D eigenvalue weighted by atomic mass is 32.1. The van der Waals surface area contributed by atoms with E-state index in [2.05, 4.69) is 36.5 Å². The average Bonchev–Trinajstić information content (AvgIpc) is 2.98. The Kier molecular flexibility index (Phi) is 3.65. The van der Waals surface area contributed by atoms with Crippen molar-refractivity contribution in [1.29, 1.82) is 0 Å². The summed E-state index contributed by atoms with van der Waals surface area (Å²) in [5, 5.41) is 5.79. The van der Waals surface area contributed by atoms with Crippen molar-refractivity contribution in [2.24, 2.45) is 11.3 Å². The molecule has 3 heteroatoms. The van der Waals surface area contributed by atoms with Gasteiger partial charge in [-0.25, -0.2) is 4.98 Å². The molecule has 1 aromatic rings. The van der Waals surface area contributed by atoms with E-state index in [9.17, 15) is 0 Å². The van der Waals surface area contributed by atoms with Gasteiger partial charge in [-0.3, -0.25) is 0 Å². The molecule has 0 aromatic carbocycles. The first-order valence-electron chi connectivity index (χ1n) is 6.20. The maximum atomic E-state index is 4.43. The van der Waals surface area contributed by atoms with Crippen molar-refractivity contribution < 1.29 is 0 Å². The lowest BCUT2D eigenvalue weighted by Crippen LogP contribution is -2.38. The third-order valence-electron chi connectivity index (χ3n) is 3.55. The van der Waals surface area contributed by atoms with E-state index in [1.807, 2.05) is 5.51 Å². The Bertz CT molecular complexity index is 317. The monoisotopic (exact) mass is 238 g/mol. The van der Waals surface area contributed by atoms with Crippen LogP contribution >= 0.6 is 11.3 Å². The van der Waals surface area contributed by atoms with Crippen LogP contribution in [-0.2, 0) is 6.42 Å². The molecule has 1 N–H and O–H groups in total. The third-order valence-corrected chi connectivity index (χ3v) is 4.18. The van der Waals surface area contributed by atoms with Crippen LogP contribution in [0.2, 0.25) is 0 Å². The summed E-state index contributed by atoms with van der Waals surface area (Å²) in [4.78, 5) is 4.43. The van der Waals surface area contributed by atoms with Crippen molar-refractivity contribution in [3.05, 3.63) is 16.6 Å². The molecule has 16 heavy (non-hydrogen) atoms. The normalized spacial score (nSPS) is 20.0. The lowest BCUT2D eigenvalue weighted by molar-refractivity contribution is 0.246. The van der Waals surface area contributed by atoms with E-state index in [1.54, 1.807) is 11.3 Å². The van der Waals surface area contributed by atoms with Crippen LogP contribution in [0.4, 0.5) is 0 Å². The molecule has 1 saturated carbocycles. The van der Waals surface area contributed by atoms with E-state index in [0.29, 0.717) is 11.5 Å². The largest absolute Gasteiger partial charge is 0.314 e. The molecule has 0 bridgehead atoms. The minimum absolute atomic E-state index is 0.401. The highest BCUT2D eigenvalue weighted by Gasteiger charge is 2.41. The van der Waals surface area contributed by atoms with Crippen molar-refractivity contribution in [3.63, 3.8) is 0 Å². The molecule has 1 aliphatic carbocycles. The zero-order chi connectivity index (χ0) is 11.6. The summed E-state index contributed by atoms with van der Waals surface area (Å²) in [6.45, 7) is 7.97. The van der Waals surface area contributed by atoms with Crippen molar-refractivity contribution in [2.45, 2.75) is 46.1 Å². The van der Waals surface area contributed by atoms with E-state index in [-0.39, 0.29) is 0 Å². The van der Waals surface area contributed by atoms with Gasteiger partial charge in [-0.15, -0.1) is 11.3 Å². The average molecular weight is 238 g/mol. The van der Waals surface area contributed by atoms with Gasteiger partial charge in [-0.05, 0) is 30.6 Å². The summed E-state index contributed by atoms with van der Waals surface area (Å²) < 4.78 is 0. The lowest BCUT2D eigenvalue weighted by atomic mass is 9.80. The number of hydrogen-bond acceptors (Lipinski definition) is 3. The first kappa shape index (κ1) is 12.1. The number of rotatable bonds is 6. The summed E-state index contributed by atoms with van der Waals surface area (Å²) in [5.74, 6) is 0.903. The number of aromatic nitrogens is 1. The minimum atomic E-state index is 0.401. The summed E-state index contributed by atoms with van der Waals surface area (Å²) in [5.41, 5.74) is 3.61. The van der Waals surface area contributed by atoms with Crippen LogP contribution < -0.4 is 5.32 Å². The van der Waals surface area contributed by atoms with Gasteiger partial charge in [0.2, 0.25) is 0 Å². The fraction of sp³-hybridized carbons (Fsp3) is 0.769. The molecular formula is C13H22N2S. The second-order valence-corrected chi connectivity index (χ2v) is 6.34. The first-order valence-corrected chi connectivity index (χ1v) is 7.15. The van der Waals surface area contributed by atoms with Crippen LogP contribution in [0.25, 0.3) is 0 Å². The highest BCUT2D eigenvalue weighted by Crippen LogP contribution is 2.47. The number of nitrogens with zero attached hydrogens (tertiary/aromatic N) is 1. The van der Waals surface area contributed by atoms with Gasteiger partial charge in [0.05, 0.1) is 11.2 Å². The smallest absolute Gasteiger partial charge is 0.0794 e. The van der Waals surface area contributed by atoms with Crippen molar-refractivity contribution >= 4 is 11.3 Å². The Morgan fingerprint density at radius 1 is 1.56 bits per heavy atom. The molecule has 0 saturated heterocycles. The van der Waals surface area contributed by atoms with Gasteiger partial charge in [0.1, 0.15) is 0 Å². The number of hydrogen-bond donors (Lipinski definition) is 1. The van der Waals surface area contributed by atoms with E-state index in [4.69, 9.17) is 0 Å². The molecule has 1 fully saturated rings. The van der Waals surface area contributed by atoms with Crippen LogP contribution in [0.5, 0.6) is 0 Å². The Morgan fingerprint density at radius 2 is 2.31 bits per heavy atom. The molecule has 0 radical (unpaired) electrons. The molecular weight excluding hydrogens is 216 g/mol. The second kappa shape index (κ2) is 4.84. The Balaban J connectivity index is 1.97. The second-order valence-electron chi connectivity index (χ2n) is 5.62. The van der Waals surface area contributed by atoms with Gasteiger partial charge in [0, 0.05) is 18.0 Å². The fourth-order valence-electron chi connectivity index (χ4n) is 2.31. The number of nitrogens with one attached hydrogen (secondary N) is 1. The predicted octanol–water partition coefficient (Wildman–Crippen LogP) is 3.10. The molecule has 1 atom stereocenters. The van der Waals surface area contributed by atoms with E-state index < -0.39 is 0 Å². The highest BCUT2D eigenvalue weighted by molar-refractivity contribution is 7.07. The SMILES string of the molecule is CC(C)NCC(C)(Cc1cscn1)C1CC1. The maximum absolute atomic E-state index is 4.43. The summed E-state index contributed by atoms with van der Waals surface area (Å²) in [7, 11) is 0. The van der Waals surface area contributed by atoms with Gasteiger partial charge in [0.25, 0.3) is 0 Å². The Morgan fingerprint density at radius 3 is 2.81 bits per heavy atom. The van der Waals surface area contributed by atoms with Crippen molar-refractivity contribution in [3.8, 4) is 0 Å². The Hall–Kier alpha value is -0.410. The maximum Gasteiger partial charge on any atom is 0.0794 e. The minimum Gasteiger partial charge on any atom is -0.314 e. The molecule has 90 valence electrons. The predicted molar refractivity (Wildman–Crippen MR) is 69.8 cm³/mol. The van der Waals surface area contributed by atoms with Crippen LogP contribution in [0.3, 0.4) is 0 Å². The standard InChI is InChI=1S/C13H22N2S/c1-10(2)14-8-13(3,11-4-5-11)6-12-7-16-9-15-12/h7,9-11,14H,4-6,8H2,1-3H3. The van der Waals surface area contributed by atoms with Crippen molar-refractivity contribution in [1.82, 2.24) is 10.3 Å².